The molecule has 92 valence electrons. The topological polar surface area (TPSA) is 46.5 Å². The fourth-order valence-electron chi connectivity index (χ4n) is 2.14. The van der Waals surface area contributed by atoms with Gasteiger partial charge in [0.05, 0.1) is 18.3 Å². The number of aromatic carboxylic acids is 1. The highest BCUT2D eigenvalue weighted by atomic mass is 79.9. The second-order valence-corrected chi connectivity index (χ2v) is 5.24. The van der Waals surface area contributed by atoms with Crippen LogP contribution in [0.2, 0.25) is 0 Å². The molecule has 2 rings (SSSR count). The molecule has 1 aliphatic rings. The molecule has 1 saturated carbocycles. The summed E-state index contributed by atoms with van der Waals surface area (Å²) in [6.45, 7) is 0.388. The normalized spacial score (nSPS) is 16.3. The number of rotatable bonds is 4. The predicted octanol–water partition coefficient (Wildman–Crippen LogP) is 3.61. The molecule has 0 aromatic heterocycles. The first-order valence-electron chi connectivity index (χ1n) is 5.80. The molecule has 3 nitrogen and oxygen atoms in total. The average molecular weight is 299 g/mol. The van der Waals surface area contributed by atoms with Gasteiger partial charge < -0.3 is 9.84 Å². The minimum Gasteiger partial charge on any atom is -0.478 e. The van der Waals surface area contributed by atoms with E-state index in [1.807, 2.05) is 12.1 Å². The number of carboxylic acids is 1. The van der Waals surface area contributed by atoms with Crippen LogP contribution in [0.15, 0.2) is 22.7 Å². The van der Waals surface area contributed by atoms with Crippen molar-refractivity contribution in [2.75, 3.05) is 0 Å². The van der Waals surface area contributed by atoms with E-state index in [4.69, 9.17) is 9.84 Å². The second-order valence-electron chi connectivity index (χ2n) is 4.32. The van der Waals surface area contributed by atoms with Gasteiger partial charge in [-0.15, -0.1) is 0 Å². The molecule has 0 amide bonds. The fourth-order valence-corrected chi connectivity index (χ4v) is 2.50. The lowest BCUT2D eigenvalue weighted by Gasteiger charge is -2.12. The smallest absolute Gasteiger partial charge is 0.336 e. The molecule has 1 fully saturated rings. The zero-order valence-electron chi connectivity index (χ0n) is 9.49. The van der Waals surface area contributed by atoms with E-state index in [0.29, 0.717) is 18.3 Å². The Balaban J connectivity index is 2.06. The zero-order valence-corrected chi connectivity index (χ0v) is 11.1. The molecule has 0 heterocycles. The van der Waals surface area contributed by atoms with Crippen LogP contribution in [0.3, 0.4) is 0 Å². The molecule has 17 heavy (non-hydrogen) atoms. The molecule has 0 aliphatic heterocycles. The highest BCUT2D eigenvalue weighted by Gasteiger charge is 2.17. The van der Waals surface area contributed by atoms with Crippen molar-refractivity contribution < 1.29 is 14.6 Å². The van der Waals surface area contributed by atoms with Crippen LogP contribution < -0.4 is 0 Å². The Bertz CT molecular complexity index is 411. The molecule has 0 bridgehead atoms. The van der Waals surface area contributed by atoms with Gasteiger partial charge in [-0.25, -0.2) is 4.79 Å². The van der Waals surface area contributed by atoms with Gasteiger partial charge in [0.25, 0.3) is 0 Å². The number of hydrogen-bond acceptors (Lipinski definition) is 2. The van der Waals surface area contributed by atoms with Crippen LogP contribution in [0, 0.1) is 0 Å². The highest BCUT2D eigenvalue weighted by Crippen LogP contribution is 2.23. The molecule has 0 radical (unpaired) electrons. The van der Waals surface area contributed by atoms with E-state index in [1.54, 1.807) is 6.07 Å². The van der Waals surface area contributed by atoms with Crippen molar-refractivity contribution in [3.05, 3.63) is 33.8 Å². The van der Waals surface area contributed by atoms with E-state index < -0.39 is 5.97 Å². The van der Waals surface area contributed by atoms with Gasteiger partial charge in [-0.1, -0.05) is 34.8 Å². The molecule has 0 spiro atoms. The van der Waals surface area contributed by atoms with Gasteiger partial charge >= 0.3 is 5.97 Å². The van der Waals surface area contributed by atoms with Crippen molar-refractivity contribution in [3.8, 4) is 0 Å². The number of carboxylic acid groups (broad SMARTS) is 1. The quantitative estimate of drug-likeness (QED) is 0.924. The predicted molar refractivity (Wildman–Crippen MR) is 68.1 cm³/mol. The monoisotopic (exact) mass is 298 g/mol. The maximum atomic E-state index is 11.1. The molecule has 0 saturated heterocycles. The summed E-state index contributed by atoms with van der Waals surface area (Å²) in [5.41, 5.74) is 1.06. The Hall–Kier alpha value is -0.870. The summed E-state index contributed by atoms with van der Waals surface area (Å²) >= 11 is 3.28. The van der Waals surface area contributed by atoms with E-state index >= 15 is 0 Å². The minimum absolute atomic E-state index is 0.306. The van der Waals surface area contributed by atoms with E-state index in [1.165, 1.54) is 12.8 Å². The third-order valence-corrected chi connectivity index (χ3v) is 3.57. The van der Waals surface area contributed by atoms with Crippen LogP contribution in [-0.4, -0.2) is 17.2 Å². The summed E-state index contributed by atoms with van der Waals surface area (Å²) in [6, 6.07) is 5.28. The Morgan fingerprint density at radius 2 is 2.12 bits per heavy atom. The van der Waals surface area contributed by atoms with Crippen molar-refractivity contribution in [1.82, 2.24) is 0 Å². The molecule has 0 atom stereocenters. The van der Waals surface area contributed by atoms with Crippen LogP contribution in [0.25, 0.3) is 0 Å². The second kappa shape index (κ2) is 5.65. The largest absolute Gasteiger partial charge is 0.478 e. The van der Waals surface area contributed by atoms with Gasteiger partial charge in [0.1, 0.15) is 0 Å². The zero-order chi connectivity index (χ0) is 12.3. The number of hydrogen-bond donors (Lipinski definition) is 1. The molecule has 1 N–H and O–H groups in total. The third-order valence-electron chi connectivity index (χ3n) is 3.08. The molecule has 0 unspecified atom stereocenters. The van der Waals surface area contributed by atoms with Crippen molar-refractivity contribution in [3.63, 3.8) is 0 Å². The molecule has 1 aromatic carbocycles. The lowest BCUT2D eigenvalue weighted by Crippen LogP contribution is -2.10. The Morgan fingerprint density at radius 3 is 2.76 bits per heavy atom. The molecule has 4 heteroatoms. The van der Waals surface area contributed by atoms with E-state index in [2.05, 4.69) is 15.9 Å². The fraction of sp³-hybridized carbons (Fsp3) is 0.462. The average Bonchev–Trinajstić information content (AvgIpc) is 2.80. The Morgan fingerprint density at radius 1 is 1.41 bits per heavy atom. The van der Waals surface area contributed by atoms with Gasteiger partial charge in [-0.05, 0) is 30.5 Å². The van der Waals surface area contributed by atoms with Gasteiger partial charge in [0.15, 0.2) is 0 Å². The van der Waals surface area contributed by atoms with Gasteiger partial charge in [0, 0.05) is 4.47 Å². The lowest BCUT2D eigenvalue weighted by molar-refractivity contribution is 0.0440. The standard InChI is InChI=1S/C13H15BrO3/c14-10-6-5-9(12(7-10)13(15)16)8-17-11-3-1-2-4-11/h5-7,11H,1-4,8H2,(H,15,16). The summed E-state index contributed by atoms with van der Waals surface area (Å²) < 4.78 is 6.52. The third kappa shape index (κ3) is 3.30. The molecular weight excluding hydrogens is 284 g/mol. The van der Waals surface area contributed by atoms with Gasteiger partial charge in [-0.3, -0.25) is 0 Å². The van der Waals surface area contributed by atoms with Gasteiger partial charge in [-0.2, -0.15) is 0 Å². The Kier molecular flexibility index (Phi) is 4.18. The maximum Gasteiger partial charge on any atom is 0.336 e. The first kappa shape index (κ1) is 12.6. The maximum absolute atomic E-state index is 11.1. The SMILES string of the molecule is O=C(O)c1cc(Br)ccc1COC1CCCC1. The first-order chi connectivity index (χ1) is 8.16. The first-order valence-corrected chi connectivity index (χ1v) is 6.59. The summed E-state index contributed by atoms with van der Waals surface area (Å²) in [5.74, 6) is -0.906. The van der Waals surface area contributed by atoms with Crippen LogP contribution in [-0.2, 0) is 11.3 Å². The minimum atomic E-state index is -0.906. The van der Waals surface area contributed by atoms with Gasteiger partial charge in [0.2, 0.25) is 0 Å². The lowest BCUT2D eigenvalue weighted by atomic mass is 10.1. The van der Waals surface area contributed by atoms with Crippen molar-refractivity contribution in [2.24, 2.45) is 0 Å². The number of halogens is 1. The summed E-state index contributed by atoms with van der Waals surface area (Å²) in [7, 11) is 0. The molecule has 1 aromatic rings. The number of carbonyl (C=O) groups is 1. The van der Waals surface area contributed by atoms with Crippen LogP contribution in [0.1, 0.15) is 41.6 Å². The summed E-state index contributed by atoms with van der Waals surface area (Å²) in [5, 5.41) is 9.11. The van der Waals surface area contributed by atoms with E-state index in [-0.39, 0.29) is 0 Å². The Labute approximate surface area is 109 Å². The number of benzene rings is 1. The van der Waals surface area contributed by atoms with Crippen molar-refractivity contribution >= 4 is 21.9 Å². The van der Waals surface area contributed by atoms with E-state index in [0.717, 1.165) is 22.9 Å². The van der Waals surface area contributed by atoms with Crippen LogP contribution in [0.5, 0.6) is 0 Å². The molecular formula is C13H15BrO3. The van der Waals surface area contributed by atoms with Crippen molar-refractivity contribution in [2.45, 2.75) is 38.4 Å². The summed E-state index contributed by atoms with van der Waals surface area (Å²) in [6.07, 6.45) is 4.94. The molecule has 1 aliphatic carbocycles. The van der Waals surface area contributed by atoms with Crippen molar-refractivity contribution in [1.29, 1.82) is 0 Å². The van der Waals surface area contributed by atoms with Crippen LogP contribution >= 0.6 is 15.9 Å². The summed E-state index contributed by atoms with van der Waals surface area (Å²) in [4.78, 5) is 11.1. The van der Waals surface area contributed by atoms with E-state index in [9.17, 15) is 4.79 Å². The number of ether oxygens (including phenoxy) is 1. The van der Waals surface area contributed by atoms with Crippen LogP contribution in [0.4, 0.5) is 0 Å². The highest BCUT2D eigenvalue weighted by molar-refractivity contribution is 9.10.